The molecule has 2 rings (SSSR count). The summed E-state index contributed by atoms with van der Waals surface area (Å²) in [5.74, 6) is 3.31. The van der Waals surface area contributed by atoms with Crippen molar-refractivity contribution in [2.24, 2.45) is 11.8 Å². The maximum absolute atomic E-state index is 5.07. The van der Waals surface area contributed by atoms with E-state index in [9.17, 15) is 0 Å². The number of hydrogen-bond donors (Lipinski definition) is 0. The van der Waals surface area contributed by atoms with Crippen LogP contribution in [0.1, 0.15) is 38.8 Å². The van der Waals surface area contributed by atoms with Gasteiger partial charge in [-0.3, -0.25) is 0 Å². The molecule has 0 aliphatic heterocycles. The highest BCUT2D eigenvalue weighted by Gasteiger charge is 1.98. The molecule has 0 aliphatic rings. The molecule has 0 heterocycles. The maximum Gasteiger partial charge on any atom is 0.118 e. The molecule has 0 radical (unpaired) electrons. The average Bonchev–Trinajstić information content (AvgIpc) is 2.56. The Kier molecular flexibility index (Phi) is 8.99. The highest BCUT2D eigenvalue weighted by molar-refractivity contribution is 5.28. The third-order valence-electron chi connectivity index (χ3n) is 3.61. The van der Waals surface area contributed by atoms with Crippen LogP contribution >= 0.6 is 0 Å². The van der Waals surface area contributed by atoms with Crippen molar-refractivity contribution < 1.29 is 9.47 Å². The lowest BCUT2D eigenvalue weighted by atomic mass is 10.0. The smallest absolute Gasteiger partial charge is 0.118 e. The van der Waals surface area contributed by atoms with E-state index in [0.717, 1.165) is 36.2 Å². The Hall–Kier alpha value is -1.96. The lowest BCUT2D eigenvalue weighted by molar-refractivity contribution is 0.414. The molecule has 0 aliphatic carbocycles. The minimum atomic E-state index is 0.721. The van der Waals surface area contributed by atoms with E-state index in [1.807, 2.05) is 24.3 Å². The standard InChI is InChI=1S/2C11H16O/c2*1-9(2)8-10-4-6-11(12-3)7-5-10/h2*4-7,9H,8H2,1-3H3. The quantitative estimate of drug-likeness (QED) is 0.668. The molecule has 2 aromatic carbocycles. The lowest BCUT2D eigenvalue weighted by Crippen LogP contribution is -1.93. The van der Waals surface area contributed by atoms with Gasteiger partial charge in [-0.05, 0) is 60.1 Å². The van der Waals surface area contributed by atoms with E-state index in [2.05, 4.69) is 52.0 Å². The Morgan fingerprint density at radius 2 is 0.875 bits per heavy atom. The van der Waals surface area contributed by atoms with Gasteiger partial charge in [0.15, 0.2) is 0 Å². The zero-order valence-corrected chi connectivity index (χ0v) is 16.0. The molecule has 0 saturated carbocycles. The highest BCUT2D eigenvalue weighted by Crippen LogP contribution is 2.14. The van der Waals surface area contributed by atoms with Crippen molar-refractivity contribution >= 4 is 0 Å². The largest absolute Gasteiger partial charge is 0.497 e. The van der Waals surface area contributed by atoms with Crippen LogP contribution in [-0.2, 0) is 12.8 Å². The third kappa shape index (κ3) is 8.05. The third-order valence-corrected chi connectivity index (χ3v) is 3.61. The van der Waals surface area contributed by atoms with Crippen molar-refractivity contribution in [2.45, 2.75) is 40.5 Å². The second-order valence-electron chi connectivity index (χ2n) is 6.89. The monoisotopic (exact) mass is 328 g/mol. The van der Waals surface area contributed by atoms with Crippen LogP contribution < -0.4 is 9.47 Å². The zero-order valence-electron chi connectivity index (χ0n) is 16.0. The van der Waals surface area contributed by atoms with Crippen LogP contribution in [0.25, 0.3) is 0 Å². The molecule has 0 saturated heterocycles. The topological polar surface area (TPSA) is 18.5 Å². The predicted octanol–water partition coefficient (Wildman–Crippen LogP) is 5.79. The maximum atomic E-state index is 5.07. The van der Waals surface area contributed by atoms with Gasteiger partial charge in [-0.15, -0.1) is 0 Å². The van der Waals surface area contributed by atoms with Gasteiger partial charge in [0, 0.05) is 0 Å². The van der Waals surface area contributed by atoms with Crippen LogP contribution in [0.5, 0.6) is 11.5 Å². The Morgan fingerprint density at radius 1 is 0.583 bits per heavy atom. The van der Waals surface area contributed by atoms with E-state index < -0.39 is 0 Å². The summed E-state index contributed by atoms with van der Waals surface area (Å²) in [5, 5.41) is 0. The van der Waals surface area contributed by atoms with E-state index in [4.69, 9.17) is 9.47 Å². The average molecular weight is 328 g/mol. The van der Waals surface area contributed by atoms with Crippen molar-refractivity contribution in [3.8, 4) is 11.5 Å². The van der Waals surface area contributed by atoms with Gasteiger partial charge in [0.25, 0.3) is 0 Å². The fourth-order valence-corrected chi connectivity index (χ4v) is 2.47. The summed E-state index contributed by atoms with van der Waals surface area (Å²) < 4.78 is 10.1. The summed E-state index contributed by atoms with van der Waals surface area (Å²) in [6, 6.07) is 16.5. The normalized spacial score (nSPS) is 10.3. The Balaban J connectivity index is 0.000000240. The molecule has 0 atom stereocenters. The van der Waals surface area contributed by atoms with E-state index in [1.54, 1.807) is 14.2 Å². The first-order valence-electron chi connectivity index (χ1n) is 8.70. The molecule has 2 aromatic rings. The van der Waals surface area contributed by atoms with Gasteiger partial charge in [-0.1, -0.05) is 52.0 Å². The van der Waals surface area contributed by atoms with Crippen LogP contribution in [-0.4, -0.2) is 14.2 Å². The van der Waals surface area contributed by atoms with E-state index in [0.29, 0.717) is 0 Å². The van der Waals surface area contributed by atoms with Crippen molar-refractivity contribution in [1.82, 2.24) is 0 Å². The van der Waals surface area contributed by atoms with Gasteiger partial charge < -0.3 is 9.47 Å². The molecular weight excluding hydrogens is 296 g/mol. The summed E-state index contributed by atoms with van der Waals surface area (Å²) in [4.78, 5) is 0. The second-order valence-corrected chi connectivity index (χ2v) is 6.89. The first kappa shape index (κ1) is 20.1. The minimum absolute atomic E-state index is 0.721. The molecule has 0 amide bonds. The molecule has 2 heteroatoms. The number of ether oxygens (including phenoxy) is 2. The number of methoxy groups -OCH3 is 2. The summed E-state index contributed by atoms with van der Waals surface area (Å²) in [5.41, 5.74) is 2.76. The van der Waals surface area contributed by atoms with Crippen molar-refractivity contribution in [1.29, 1.82) is 0 Å². The first-order valence-corrected chi connectivity index (χ1v) is 8.70. The SMILES string of the molecule is COc1ccc(CC(C)C)cc1.COc1ccc(CC(C)C)cc1. The molecule has 2 nitrogen and oxygen atoms in total. The zero-order chi connectivity index (χ0) is 17.9. The van der Waals surface area contributed by atoms with Gasteiger partial charge >= 0.3 is 0 Å². The molecular formula is C22H32O2. The summed E-state index contributed by atoms with van der Waals surface area (Å²) in [6.07, 6.45) is 2.29. The van der Waals surface area contributed by atoms with Gasteiger partial charge in [0.2, 0.25) is 0 Å². The molecule has 0 N–H and O–H groups in total. The lowest BCUT2D eigenvalue weighted by Gasteiger charge is -2.05. The molecule has 0 unspecified atom stereocenters. The Bertz CT molecular complexity index is 500. The summed E-state index contributed by atoms with van der Waals surface area (Å²) >= 11 is 0. The molecule has 0 spiro atoms. The summed E-state index contributed by atoms with van der Waals surface area (Å²) in [6.45, 7) is 8.91. The fourth-order valence-electron chi connectivity index (χ4n) is 2.47. The van der Waals surface area contributed by atoms with Crippen molar-refractivity contribution in [2.75, 3.05) is 14.2 Å². The number of hydrogen-bond acceptors (Lipinski definition) is 2. The van der Waals surface area contributed by atoms with E-state index in [-0.39, 0.29) is 0 Å². The van der Waals surface area contributed by atoms with Crippen LogP contribution in [0.15, 0.2) is 48.5 Å². The molecule has 0 bridgehead atoms. The van der Waals surface area contributed by atoms with Crippen molar-refractivity contribution in [3.05, 3.63) is 59.7 Å². The van der Waals surface area contributed by atoms with Crippen molar-refractivity contribution in [3.63, 3.8) is 0 Å². The van der Waals surface area contributed by atoms with Crippen LogP contribution in [0.4, 0.5) is 0 Å². The number of benzene rings is 2. The molecule has 24 heavy (non-hydrogen) atoms. The molecule has 0 aromatic heterocycles. The second kappa shape index (κ2) is 10.7. The Labute approximate surface area is 147 Å². The van der Waals surface area contributed by atoms with Gasteiger partial charge in [-0.25, -0.2) is 0 Å². The fraction of sp³-hybridized carbons (Fsp3) is 0.455. The van der Waals surface area contributed by atoms with E-state index in [1.165, 1.54) is 11.1 Å². The first-order chi connectivity index (χ1) is 11.4. The van der Waals surface area contributed by atoms with Crippen LogP contribution in [0.2, 0.25) is 0 Å². The van der Waals surface area contributed by atoms with Crippen LogP contribution in [0.3, 0.4) is 0 Å². The van der Waals surface area contributed by atoms with Gasteiger partial charge in [0.1, 0.15) is 11.5 Å². The van der Waals surface area contributed by atoms with E-state index >= 15 is 0 Å². The predicted molar refractivity (Wildman–Crippen MR) is 103 cm³/mol. The summed E-state index contributed by atoms with van der Waals surface area (Å²) in [7, 11) is 3.38. The Morgan fingerprint density at radius 3 is 1.08 bits per heavy atom. The molecule has 0 fully saturated rings. The number of rotatable bonds is 6. The van der Waals surface area contributed by atoms with Crippen LogP contribution in [0, 0.1) is 11.8 Å². The highest BCUT2D eigenvalue weighted by atomic mass is 16.5. The minimum Gasteiger partial charge on any atom is -0.497 e. The van der Waals surface area contributed by atoms with Gasteiger partial charge in [-0.2, -0.15) is 0 Å². The molecule has 132 valence electrons. The van der Waals surface area contributed by atoms with Gasteiger partial charge in [0.05, 0.1) is 14.2 Å².